The van der Waals surface area contributed by atoms with E-state index in [4.69, 9.17) is 15.2 Å². The van der Waals surface area contributed by atoms with Crippen molar-refractivity contribution in [3.8, 4) is 5.75 Å². The highest BCUT2D eigenvalue weighted by atomic mass is 16.5. The molecule has 96 valence electrons. The van der Waals surface area contributed by atoms with Gasteiger partial charge in [0.05, 0.1) is 13.7 Å². The second-order valence-electron chi connectivity index (χ2n) is 3.86. The Morgan fingerprint density at radius 3 is 2.94 bits per heavy atom. The number of carbonyl (C=O) groups excluding carboxylic acids is 1. The van der Waals surface area contributed by atoms with Crippen molar-refractivity contribution in [2.45, 2.75) is 13.0 Å². The first-order valence-corrected chi connectivity index (χ1v) is 5.75. The quantitative estimate of drug-likeness (QED) is 0.808. The van der Waals surface area contributed by atoms with E-state index in [1.165, 1.54) is 0 Å². The van der Waals surface area contributed by atoms with Gasteiger partial charge in [-0.05, 0) is 19.1 Å². The Bertz CT molecular complexity index is 562. The minimum Gasteiger partial charge on any atom is -0.496 e. The number of hydrogen-bond acceptors (Lipinski definition) is 4. The Labute approximate surface area is 105 Å². The maximum absolute atomic E-state index is 11.7. The topological polar surface area (TPSA) is 77.3 Å². The van der Waals surface area contributed by atoms with Crippen LogP contribution in [0.1, 0.15) is 18.5 Å². The first-order chi connectivity index (χ1) is 8.69. The third-order valence-electron chi connectivity index (χ3n) is 2.79. The SMILES string of the molecule is CCOC(=O)C(N)c1c[nH]c2cccc(OC)c12. The van der Waals surface area contributed by atoms with E-state index in [0.717, 1.165) is 10.9 Å². The molecule has 18 heavy (non-hydrogen) atoms. The highest BCUT2D eigenvalue weighted by Gasteiger charge is 2.22. The van der Waals surface area contributed by atoms with Crippen molar-refractivity contribution in [3.05, 3.63) is 30.0 Å². The number of benzene rings is 1. The maximum atomic E-state index is 11.7. The van der Waals surface area contributed by atoms with Gasteiger partial charge in [0.2, 0.25) is 0 Å². The number of hydrogen-bond donors (Lipinski definition) is 2. The summed E-state index contributed by atoms with van der Waals surface area (Å²) in [5, 5.41) is 0.820. The number of H-pyrrole nitrogens is 1. The summed E-state index contributed by atoms with van der Waals surface area (Å²) in [6, 6.07) is 4.80. The Morgan fingerprint density at radius 2 is 2.28 bits per heavy atom. The standard InChI is InChI=1S/C13H16N2O3/c1-3-18-13(16)12(14)8-7-15-9-5-4-6-10(17-2)11(8)9/h4-7,12,15H,3,14H2,1-2H3. The number of nitrogens with one attached hydrogen (secondary N) is 1. The van der Waals surface area contributed by atoms with Crippen molar-refractivity contribution in [1.29, 1.82) is 0 Å². The largest absolute Gasteiger partial charge is 0.496 e. The van der Waals surface area contributed by atoms with Crippen LogP contribution in [-0.2, 0) is 9.53 Å². The summed E-state index contributed by atoms with van der Waals surface area (Å²) < 4.78 is 10.2. The fraction of sp³-hybridized carbons (Fsp3) is 0.308. The smallest absolute Gasteiger partial charge is 0.327 e. The number of carbonyl (C=O) groups is 1. The van der Waals surface area contributed by atoms with Crippen LogP contribution < -0.4 is 10.5 Å². The molecule has 1 heterocycles. The maximum Gasteiger partial charge on any atom is 0.327 e. The number of ether oxygens (including phenoxy) is 2. The first kappa shape index (κ1) is 12.4. The van der Waals surface area contributed by atoms with Crippen molar-refractivity contribution in [3.63, 3.8) is 0 Å². The molecule has 3 N–H and O–H groups in total. The van der Waals surface area contributed by atoms with E-state index in [2.05, 4.69) is 4.98 Å². The van der Waals surface area contributed by atoms with E-state index < -0.39 is 12.0 Å². The second kappa shape index (κ2) is 5.10. The van der Waals surface area contributed by atoms with Gasteiger partial charge >= 0.3 is 5.97 Å². The molecule has 0 aliphatic heterocycles. The van der Waals surface area contributed by atoms with E-state index in [9.17, 15) is 4.79 Å². The molecule has 5 nitrogen and oxygen atoms in total. The third kappa shape index (κ3) is 2.04. The molecule has 0 aliphatic rings. The fourth-order valence-corrected chi connectivity index (χ4v) is 1.95. The number of esters is 1. The molecule has 5 heteroatoms. The van der Waals surface area contributed by atoms with Crippen LogP contribution in [0, 0.1) is 0 Å². The van der Waals surface area contributed by atoms with E-state index in [1.54, 1.807) is 20.2 Å². The lowest BCUT2D eigenvalue weighted by Crippen LogP contribution is -2.23. The molecule has 0 saturated carbocycles. The monoisotopic (exact) mass is 248 g/mol. The Balaban J connectivity index is 2.48. The minimum atomic E-state index is -0.810. The van der Waals surface area contributed by atoms with Gasteiger partial charge in [0.15, 0.2) is 0 Å². The van der Waals surface area contributed by atoms with Gasteiger partial charge in [-0.2, -0.15) is 0 Å². The molecule has 1 atom stereocenters. The number of aromatic nitrogens is 1. The summed E-state index contributed by atoms with van der Waals surface area (Å²) in [6.07, 6.45) is 1.72. The summed E-state index contributed by atoms with van der Waals surface area (Å²) >= 11 is 0. The molecule has 0 aliphatic carbocycles. The molecule has 0 bridgehead atoms. The molecule has 0 saturated heterocycles. The molecular formula is C13H16N2O3. The van der Waals surface area contributed by atoms with Crippen molar-refractivity contribution in [2.24, 2.45) is 5.73 Å². The van der Waals surface area contributed by atoms with Crippen LogP contribution in [0.25, 0.3) is 10.9 Å². The molecule has 2 aromatic rings. The summed E-state index contributed by atoms with van der Waals surface area (Å²) in [5.74, 6) is 0.243. The summed E-state index contributed by atoms with van der Waals surface area (Å²) in [4.78, 5) is 14.8. The molecule has 0 spiro atoms. The van der Waals surface area contributed by atoms with Crippen LogP contribution in [0.3, 0.4) is 0 Å². The zero-order chi connectivity index (χ0) is 13.1. The van der Waals surface area contributed by atoms with Gasteiger partial charge in [-0.15, -0.1) is 0 Å². The Hall–Kier alpha value is -2.01. The third-order valence-corrected chi connectivity index (χ3v) is 2.79. The Kier molecular flexibility index (Phi) is 3.53. The summed E-state index contributed by atoms with van der Waals surface area (Å²) in [7, 11) is 1.58. The van der Waals surface area contributed by atoms with Crippen LogP contribution >= 0.6 is 0 Å². The van der Waals surface area contributed by atoms with Crippen molar-refractivity contribution >= 4 is 16.9 Å². The van der Waals surface area contributed by atoms with E-state index in [-0.39, 0.29) is 0 Å². The van der Waals surface area contributed by atoms with Crippen LogP contribution in [-0.4, -0.2) is 24.7 Å². The van der Waals surface area contributed by atoms with Crippen molar-refractivity contribution in [1.82, 2.24) is 4.98 Å². The number of methoxy groups -OCH3 is 1. The normalized spacial score (nSPS) is 12.4. The molecule has 1 aromatic heterocycles. The predicted molar refractivity (Wildman–Crippen MR) is 68.4 cm³/mol. The molecular weight excluding hydrogens is 232 g/mol. The van der Waals surface area contributed by atoms with Crippen LogP contribution in [0.5, 0.6) is 5.75 Å². The van der Waals surface area contributed by atoms with Crippen LogP contribution in [0.4, 0.5) is 0 Å². The molecule has 0 fully saturated rings. The van der Waals surface area contributed by atoms with Gasteiger partial charge in [0, 0.05) is 22.7 Å². The first-order valence-electron chi connectivity index (χ1n) is 5.75. The number of rotatable bonds is 4. The number of aromatic amines is 1. The summed E-state index contributed by atoms with van der Waals surface area (Å²) in [6.45, 7) is 2.06. The highest BCUT2D eigenvalue weighted by molar-refractivity contribution is 5.93. The van der Waals surface area contributed by atoms with E-state index in [0.29, 0.717) is 17.9 Å². The van der Waals surface area contributed by atoms with Gasteiger partial charge in [0.1, 0.15) is 11.8 Å². The van der Waals surface area contributed by atoms with Crippen LogP contribution in [0.2, 0.25) is 0 Å². The van der Waals surface area contributed by atoms with Gasteiger partial charge in [-0.1, -0.05) is 6.07 Å². The zero-order valence-electron chi connectivity index (χ0n) is 10.4. The molecule has 1 aromatic carbocycles. The van der Waals surface area contributed by atoms with Gasteiger partial charge in [0.25, 0.3) is 0 Å². The highest BCUT2D eigenvalue weighted by Crippen LogP contribution is 2.31. The lowest BCUT2D eigenvalue weighted by Gasteiger charge is -2.11. The minimum absolute atomic E-state index is 0.312. The zero-order valence-corrected chi connectivity index (χ0v) is 10.4. The Morgan fingerprint density at radius 1 is 1.50 bits per heavy atom. The fourth-order valence-electron chi connectivity index (χ4n) is 1.95. The molecule has 1 unspecified atom stereocenters. The predicted octanol–water partition coefficient (Wildman–Crippen LogP) is 1.74. The lowest BCUT2D eigenvalue weighted by atomic mass is 10.1. The van der Waals surface area contributed by atoms with Crippen molar-refractivity contribution in [2.75, 3.05) is 13.7 Å². The number of fused-ring (bicyclic) bond motifs is 1. The van der Waals surface area contributed by atoms with Gasteiger partial charge < -0.3 is 20.2 Å². The van der Waals surface area contributed by atoms with E-state index >= 15 is 0 Å². The summed E-state index contributed by atoms with van der Waals surface area (Å²) in [5.41, 5.74) is 7.47. The van der Waals surface area contributed by atoms with Crippen molar-refractivity contribution < 1.29 is 14.3 Å². The van der Waals surface area contributed by atoms with E-state index in [1.807, 2.05) is 18.2 Å². The molecule has 2 rings (SSSR count). The van der Waals surface area contributed by atoms with Gasteiger partial charge in [-0.3, -0.25) is 0 Å². The second-order valence-corrected chi connectivity index (χ2v) is 3.86. The lowest BCUT2D eigenvalue weighted by molar-refractivity contribution is -0.144. The van der Waals surface area contributed by atoms with Gasteiger partial charge in [-0.25, -0.2) is 4.79 Å². The molecule has 0 amide bonds. The average Bonchev–Trinajstić information content (AvgIpc) is 2.81. The molecule has 0 radical (unpaired) electrons. The number of nitrogens with two attached hydrogens (primary N) is 1. The average molecular weight is 248 g/mol. The van der Waals surface area contributed by atoms with Crippen LogP contribution in [0.15, 0.2) is 24.4 Å².